The largest absolute Gasteiger partial charge is 0.480 e. The van der Waals surface area contributed by atoms with Crippen molar-refractivity contribution in [1.29, 1.82) is 0 Å². The van der Waals surface area contributed by atoms with Crippen LogP contribution in [0.3, 0.4) is 0 Å². The predicted molar refractivity (Wildman–Crippen MR) is 84.8 cm³/mol. The summed E-state index contributed by atoms with van der Waals surface area (Å²) in [6.07, 6.45) is 0.855. The van der Waals surface area contributed by atoms with Gasteiger partial charge in [-0.15, -0.1) is 0 Å². The van der Waals surface area contributed by atoms with Crippen LogP contribution in [-0.2, 0) is 10.2 Å². The number of likely N-dealkylation sites (tertiary alicyclic amines) is 1. The first kappa shape index (κ1) is 16.5. The number of rotatable bonds is 4. The molecule has 0 saturated carbocycles. The Morgan fingerprint density at radius 3 is 2.68 bits per heavy atom. The maximum Gasteiger partial charge on any atom is 0.320 e. The summed E-state index contributed by atoms with van der Waals surface area (Å²) in [6, 6.07) is 7.01. The molecule has 1 saturated heterocycles. The van der Waals surface area contributed by atoms with Gasteiger partial charge in [0.25, 0.3) is 0 Å². The topological polar surface area (TPSA) is 83.6 Å². The van der Waals surface area contributed by atoms with Crippen molar-refractivity contribution in [2.75, 3.05) is 13.1 Å². The molecule has 1 aromatic rings. The van der Waals surface area contributed by atoms with Gasteiger partial charge in [0.1, 0.15) is 6.04 Å². The molecule has 1 aliphatic rings. The van der Waals surface area contributed by atoms with Gasteiger partial charge < -0.3 is 10.8 Å². The second kappa shape index (κ2) is 6.08. The number of benzene rings is 1. The highest BCUT2D eigenvalue weighted by atomic mass is 16.4. The van der Waals surface area contributed by atoms with Crippen molar-refractivity contribution >= 4 is 11.9 Å². The summed E-state index contributed by atoms with van der Waals surface area (Å²) >= 11 is 0. The summed E-state index contributed by atoms with van der Waals surface area (Å²) in [5.74, 6) is -0.923. The zero-order valence-electron chi connectivity index (χ0n) is 13.4. The van der Waals surface area contributed by atoms with E-state index in [1.54, 1.807) is 13.0 Å². The summed E-state index contributed by atoms with van der Waals surface area (Å²) in [4.78, 5) is 24.6. The highest BCUT2D eigenvalue weighted by molar-refractivity contribution is 5.92. The van der Waals surface area contributed by atoms with Gasteiger partial charge in [-0.25, -0.2) is 0 Å². The average Bonchev–Trinajstić information content (AvgIpc) is 2.49. The van der Waals surface area contributed by atoms with Gasteiger partial charge >= 0.3 is 5.97 Å². The third-order valence-corrected chi connectivity index (χ3v) is 5.23. The molecule has 3 unspecified atom stereocenters. The monoisotopic (exact) mass is 304 g/mol. The molecule has 0 aliphatic carbocycles. The van der Waals surface area contributed by atoms with E-state index in [2.05, 4.69) is 13.8 Å². The number of nitrogens with two attached hydrogens (primary N) is 1. The molecule has 5 heteroatoms. The number of primary amides is 1. The lowest BCUT2D eigenvalue weighted by atomic mass is 9.67. The van der Waals surface area contributed by atoms with Crippen molar-refractivity contribution in [2.24, 2.45) is 11.7 Å². The molecule has 0 aromatic heterocycles. The Bertz CT molecular complexity index is 587. The summed E-state index contributed by atoms with van der Waals surface area (Å²) in [5, 5.41) is 9.17. The third-order valence-electron chi connectivity index (χ3n) is 5.23. The zero-order chi connectivity index (χ0) is 16.5. The molecular weight excluding hydrogens is 280 g/mol. The molecule has 120 valence electrons. The molecule has 0 bridgehead atoms. The second-order valence-electron chi connectivity index (χ2n) is 6.52. The van der Waals surface area contributed by atoms with E-state index in [0.717, 1.165) is 25.1 Å². The molecule has 5 nitrogen and oxygen atoms in total. The fourth-order valence-corrected chi connectivity index (χ4v) is 3.23. The number of hydrogen-bond acceptors (Lipinski definition) is 3. The van der Waals surface area contributed by atoms with Crippen molar-refractivity contribution in [3.63, 3.8) is 0 Å². The molecular formula is C17H24N2O3. The molecule has 1 aromatic carbocycles. The Morgan fingerprint density at radius 1 is 1.45 bits per heavy atom. The normalized spacial score (nSPS) is 27.3. The lowest BCUT2D eigenvalue weighted by molar-refractivity contribution is -0.143. The highest BCUT2D eigenvalue weighted by Crippen LogP contribution is 2.40. The Balaban J connectivity index is 2.23. The van der Waals surface area contributed by atoms with Crippen LogP contribution in [0.2, 0.25) is 0 Å². The van der Waals surface area contributed by atoms with Crippen LogP contribution in [0.25, 0.3) is 0 Å². The smallest absolute Gasteiger partial charge is 0.320 e. The minimum atomic E-state index is -0.786. The van der Waals surface area contributed by atoms with E-state index in [1.807, 2.05) is 23.1 Å². The van der Waals surface area contributed by atoms with Crippen molar-refractivity contribution in [1.82, 2.24) is 4.90 Å². The number of carboxylic acid groups (broad SMARTS) is 1. The van der Waals surface area contributed by atoms with Crippen molar-refractivity contribution in [3.8, 4) is 0 Å². The van der Waals surface area contributed by atoms with Crippen LogP contribution >= 0.6 is 0 Å². The first-order valence-electron chi connectivity index (χ1n) is 7.63. The number of piperidine rings is 1. The summed E-state index contributed by atoms with van der Waals surface area (Å²) in [6.45, 7) is 7.50. The van der Waals surface area contributed by atoms with Crippen LogP contribution in [0.15, 0.2) is 24.3 Å². The van der Waals surface area contributed by atoms with E-state index in [9.17, 15) is 14.7 Å². The van der Waals surface area contributed by atoms with Gasteiger partial charge in [-0.2, -0.15) is 0 Å². The summed E-state index contributed by atoms with van der Waals surface area (Å²) in [7, 11) is 0. The van der Waals surface area contributed by atoms with Crippen LogP contribution in [0.4, 0.5) is 0 Å². The number of carbonyl (C=O) groups is 2. The SMILES string of the molecule is CC(C(=O)O)N1CCC(C)(c2cccc(C(N)=O)c2)C(C)C1. The number of nitrogens with zero attached hydrogens (tertiary/aromatic N) is 1. The number of carboxylic acids is 1. The minimum absolute atomic E-state index is 0.0832. The predicted octanol–water partition coefficient (Wildman–Crippen LogP) is 1.86. The van der Waals surface area contributed by atoms with Crippen LogP contribution in [-0.4, -0.2) is 41.0 Å². The van der Waals surface area contributed by atoms with E-state index < -0.39 is 17.9 Å². The zero-order valence-corrected chi connectivity index (χ0v) is 13.4. The minimum Gasteiger partial charge on any atom is -0.480 e. The second-order valence-corrected chi connectivity index (χ2v) is 6.52. The molecule has 0 radical (unpaired) electrons. The van der Waals surface area contributed by atoms with E-state index >= 15 is 0 Å². The quantitative estimate of drug-likeness (QED) is 0.889. The van der Waals surface area contributed by atoms with Crippen molar-refractivity contribution in [3.05, 3.63) is 35.4 Å². The maximum absolute atomic E-state index is 11.4. The van der Waals surface area contributed by atoms with Gasteiger partial charge in [0, 0.05) is 12.1 Å². The van der Waals surface area contributed by atoms with Crippen LogP contribution in [0.5, 0.6) is 0 Å². The number of carbonyl (C=O) groups excluding carboxylic acids is 1. The Hall–Kier alpha value is -1.88. The van der Waals surface area contributed by atoms with Crippen LogP contribution in [0.1, 0.15) is 43.1 Å². The maximum atomic E-state index is 11.4. The molecule has 1 heterocycles. The summed E-state index contributed by atoms with van der Waals surface area (Å²) < 4.78 is 0. The summed E-state index contributed by atoms with van der Waals surface area (Å²) in [5.41, 5.74) is 6.91. The van der Waals surface area contributed by atoms with Gasteiger partial charge in [-0.1, -0.05) is 26.0 Å². The molecule has 3 N–H and O–H groups in total. The third kappa shape index (κ3) is 2.99. The van der Waals surface area contributed by atoms with E-state index in [1.165, 1.54) is 0 Å². The van der Waals surface area contributed by atoms with E-state index in [4.69, 9.17) is 5.73 Å². The molecule has 1 fully saturated rings. The molecule has 1 aliphatic heterocycles. The Labute approximate surface area is 131 Å². The van der Waals surface area contributed by atoms with Crippen molar-refractivity contribution < 1.29 is 14.7 Å². The van der Waals surface area contributed by atoms with Gasteiger partial charge in [0.05, 0.1) is 0 Å². The average molecular weight is 304 g/mol. The highest BCUT2D eigenvalue weighted by Gasteiger charge is 2.40. The van der Waals surface area contributed by atoms with Gasteiger partial charge in [0.2, 0.25) is 5.91 Å². The Kier molecular flexibility index (Phi) is 4.56. The molecule has 0 spiro atoms. The lowest BCUT2D eigenvalue weighted by Gasteiger charge is -2.46. The standard InChI is InChI=1S/C17H24N2O3/c1-11-10-19(12(2)16(21)22)8-7-17(11,3)14-6-4-5-13(9-14)15(18)20/h4-6,9,11-12H,7-8,10H2,1-3H3,(H2,18,20)(H,21,22). The molecule has 2 rings (SSSR count). The van der Waals surface area contributed by atoms with E-state index in [0.29, 0.717) is 5.56 Å². The number of amides is 1. The number of aliphatic carboxylic acids is 1. The molecule has 1 amide bonds. The first-order valence-corrected chi connectivity index (χ1v) is 7.63. The van der Waals surface area contributed by atoms with Gasteiger partial charge in [-0.3, -0.25) is 14.5 Å². The molecule has 22 heavy (non-hydrogen) atoms. The fourth-order valence-electron chi connectivity index (χ4n) is 3.23. The number of hydrogen-bond donors (Lipinski definition) is 2. The van der Waals surface area contributed by atoms with Gasteiger partial charge in [0.15, 0.2) is 0 Å². The lowest BCUT2D eigenvalue weighted by Crippen LogP contribution is -2.52. The first-order chi connectivity index (χ1) is 10.3. The fraction of sp³-hybridized carbons (Fsp3) is 0.529. The van der Waals surface area contributed by atoms with Crippen LogP contribution < -0.4 is 5.73 Å². The van der Waals surface area contributed by atoms with Crippen LogP contribution in [0, 0.1) is 5.92 Å². The van der Waals surface area contributed by atoms with Crippen molar-refractivity contribution in [2.45, 2.75) is 38.6 Å². The van der Waals surface area contributed by atoms with E-state index in [-0.39, 0.29) is 11.3 Å². The van der Waals surface area contributed by atoms with Gasteiger partial charge in [-0.05, 0) is 48.9 Å². The Morgan fingerprint density at radius 2 is 2.14 bits per heavy atom. The molecule has 3 atom stereocenters.